The van der Waals surface area contributed by atoms with Gasteiger partial charge >= 0.3 is 0 Å². The van der Waals surface area contributed by atoms with Crippen LogP contribution in [0.5, 0.6) is 0 Å². The highest BCUT2D eigenvalue weighted by Crippen LogP contribution is 2.45. The van der Waals surface area contributed by atoms with E-state index < -0.39 is 0 Å². The van der Waals surface area contributed by atoms with Crippen LogP contribution in [0.1, 0.15) is 24.5 Å². The molecule has 0 saturated heterocycles. The third-order valence-electron chi connectivity index (χ3n) is 3.52. The molecule has 0 heterocycles. The zero-order valence-corrected chi connectivity index (χ0v) is 13.1. The van der Waals surface area contributed by atoms with E-state index in [0.717, 1.165) is 5.75 Å². The maximum atomic E-state index is 12.1. The van der Waals surface area contributed by atoms with Crippen molar-refractivity contribution < 1.29 is 4.79 Å². The number of carbonyl (C=O) groups excluding carboxylic acids is 1. The highest BCUT2D eigenvalue weighted by molar-refractivity contribution is 8.00. The summed E-state index contributed by atoms with van der Waals surface area (Å²) in [5.74, 6) is 1.01. The average Bonchev–Trinajstić information content (AvgIpc) is 2.56. The molecule has 2 rings (SSSR count). The third kappa shape index (κ3) is 3.45. The Hall–Kier alpha value is -1.80. The molecule has 2 heteroatoms. The van der Waals surface area contributed by atoms with E-state index in [0.29, 0.717) is 6.42 Å². The van der Waals surface area contributed by atoms with Crippen LogP contribution in [0.3, 0.4) is 0 Å². The van der Waals surface area contributed by atoms with Gasteiger partial charge in [-0.1, -0.05) is 74.2 Å². The largest absolute Gasteiger partial charge is 0.295 e. The van der Waals surface area contributed by atoms with Crippen molar-refractivity contribution in [2.75, 3.05) is 5.75 Å². The molecule has 0 spiro atoms. The van der Waals surface area contributed by atoms with E-state index >= 15 is 0 Å². The van der Waals surface area contributed by atoms with Crippen molar-refractivity contribution in [3.05, 3.63) is 84.4 Å². The van der Waals surface area contributed by atoms with Crippen molar-refractivity contribution in [2.45, 2.75) is 18.1 Å². The number of benzene rings is 2. The molecule has 0 saturated carbocycles. The molecule has 108 valence electrons. The Morgan fingerprint density at radius 2 is 1.52 bits per heavy atom. The lowest BCUT2D eigenvalue weighted by atomic mass is 9.86. The Morgan fingerprint density at radius 1 is 1.05 bits per heavy atom. The number of thioether (sulfide) groups is 1. The SMILES string of the molecule is C=CC(=O)CC(SCC)(c1ccccc1)c1ccccc1. The molecule has 0 N–H and O–H groups in total. The summed E-state index contributed by atoms with van der Waals surface area (Å²) in [6.45, 7) is 5.76. The smallest absolute Gasteiger partial charge is 0.157 e. The minimum atomic E-state index is -0.345. The van der Waals surface area contributed by atoms with Gasteiger partial charge in [0.05, 0.1) is 4.75 Å². The molecule has 0 unspecified atom stereocenters. The van der Waals surface area contributed by atoms with Crippen molar-refractivity contribution in [3.8, 4) is 0 Å². The second kappa shape index (κ2) is 7.28. The summed E-state index contributed by atoms with van der Waals surface area (Å²) < 4.78 is -0.345. The molecule has 2 aromatic carbocycles. The van der Waals surface area contributed by atoms with Crippen molar-refractivity contribution >= 4 is 17.5 Å². The standard InChI is InChI=1S/C19H20OS/c1-3-18(20)15-19(21-4-2,16-11-7-5-8-12-16)17-13-9-6-10-14-17/h3,5-14H,1,4,15H2,2H3. The fourth-order valence-corrected chi connectivity index (χ4v) is 3.91. The minimum absolute atomic E-state index is 0.0728. The highest BCUT2D eigenvalue weighted by Gasteiger charge is 2.35. The summed E-state index contributed by atoms with van der Waals surface area (Å²) in [6, 6.07) is 20.5. The first-order valence-corrected chi connectivity index (χ1v) is 8.12. The Bertz CT molecular complexity index is 550. The molecule has 0 aromatic heterocycles. The molecule has 0 radical (unpaired) electrons. The van der Waals surface area contributed by atoms with Gasteiger partial charge < -0.3 is 0 Å². The predicted octanol–water partition coefficient (Wildman–Crippen LogP) is 4.83. The fraction of sp³-hybridized carbons (Fsp3) is 0.211. The van der Waals surface area contributed by atoms with Gasteiger partial charge in [0.15, 0.2) is 5.78 Å². The van der Waals surface area contributed by atoms with Gasteiger partial charge in [-0.25, -0.2) is 0 Å². The Kier molecular flexibility index (Phi) is 5.40. The second-order valence-electron chi connectivity index (χ2n) is 4.84. The molecule has 0 fully saturated rings. The van der Waals surface area contributed by atoms with Crippen LogP contribution in [0.2, 0.25) is 0 Å². The number of allylic oxidation sites excluding steroid dienone is 1. The number of rotatable bonds is 7. The lowest BCUT2D eigenvalue weighted by molar-refractivity contribution is -0.115. The van der Waals surface area contributed by atoms with Crippen molar-refractivity contribution in [3.63, 3.8) is 0 Å². The lowest BCUT2D eigenvalue weighted by Gasteiger charge is -2.33. The Morgan fingerprint density at radius 3 is 1.90 bits per heavy atom. The van der Waals surface area contributed by atoms with Gasteiger partial charge in [0.2, 0.25) is 0 Å². The van der Waals surface area contributed by atoms with Crippen LogP contribution >= 0.6 is 11.8 Å². The fourth-order valence-electron chi connectivity index (χ4n) is 2.57. The van der Waals surface area contributed by atoms with Gasteiger partial charge in [-0.3, -0.25) is 4.79 Å². The molecule has 2 aromatic rings. The summed E-state index contributed by atoms with van der Waals surface area (Å²) in [4.78, 5) is 12.1. The second-order valence-corrected chi connectivity index (χ2v) is 6.40. The maximum Gasteiger partial charge on any atom is 0.157 e. The van der Waals surface area contributed by atoms with Gasteiger partial charge in [-0.05, 0) is 23.0 Å². The van der Waals surface area contributed by atoms with Crippen LogP contribution in [-0.2, 0) is 9.54 Å². The Labute approximate surface area is 131 Å². The van der Waals surface area contributed by atoms with E-state index in [1.54, 1.807) is 11.8 Å². The van der Waals surface area contributed by atoms with Gasteiger partial charge in [-0.2, -0.15) is 0 Å². The quantitative estimate of drug-likeness (QED) is 0.681. The molecule has 1 nitrogen and oxygen atoms in total. The normalized spacial score (nSPS) is 11.1. The van der Waals surface area contributed by atoms with E-state index in [1.807, 2.05) is 36.4 Å². The lowest BCUT2D eigenvalue weighted by Crippen LogP contribution is -2.27. The molecule has 0 atom stereocenters. The predicted molar refractivity (Wildman–Crippen MR) is 91.6 cm³/mol. The third-order valence-corrected chi connectivity index (χ3v) is 4.92. The molecule has 0 aliphatic heterocycles. The first kappa shape index (κ1) is 15.6. The first-order chi connectivity index (χ1) is 10.2. The highest BCUT2D eigenvalue weighted by atomic mass is 32.2. The average molecular weight is 296 g/mol. The Balaban J connectivity index is 2.59. The molecule has 0 aliphatic rings. The van der Waals surface area contributed by atoms with E-state index in [4.69, 9.17) is 0 Å². The summed E-state index contributed by atoms with van der Waals surface area (Å²) >= 11 is 1.81. The van der Waals surface area contributed by atoms with Crippen LogP contribution in [0, 0.1) is 0 Å². The van der Waals surface area contributed by atoms with E-state index in [9.17, 15) is 4.79 Å². The topological polar surface area (TPSA) is 17.1 Å². The van der Waals surface area contributed by atoms with E-state index in [2.05, 4.69) is 37.8 Å². The summed E-state index contributed by atoms with van der Waals surface area (Å²) in [6.07, 6.45) is 1.86. The van der Waals surface area contributed by atoms with Gasteiger partial charge in [0.25, 0.3) is 0 Å². The zero-order chi connectivity index (χ0) is 15.1. The number of ketones is 1. The van der Waals surface area contributed by atoms with Crippen molar-refractivity contribution in [2.24, 2.45) is 0 Å². The van der Waals surface area contributed by atoms with Gasteiger partial charge in [-0.15, -0.1) is 11.8 Å². The van der Waals surface area contributed by atoms with Crippen molar-refractivity contribution in [1.29, 1.82) is 0 Å². The molecule has 0 amide bonds. The summed E-state index contributed by atoms with van der Waals surface area (Å²) in [7, 11) is 0. The van der Waals surface area contributed by atoms with Gasteiger partial charge in [0.1, 0.15) is 0 Å². The molecule has 0 aliphatic carbocycles. The molecular formula is C19H20OS. The first-order valence-electron chi connectivity index (χ1n) is 7.13. The van der Waals surface area contributed by atoms with Gasteiger partial charge in [0, 0.05) is 6.42 Å². The van der Waals surface area contributed by atoms with Crippen LogP contribution in [0.15, 0.2) is 73.3 Å². The van der Waals surface area contributed by atoms with Crippen LogP contribution in [-0.4, -0.2) is 11.5 Å². The van der Waals surface area contributed by atoms with Crippen LogP contribution in [0.4, 0.5) is 0 Å². The maximum absolute atomic E-state index is 12.1. The number of hydrogen-bond acceptors (Lipinski definition) is 2. The monoisotopic (exact) mass is 296 g/mol. The summed E-state index contributed by atoms with van der Waals surface area (Å²) in [5, 5.41) is 0. The summed E-state index contributed by atoms with van der Waals surface area (Å²) in [5.41, 5.74) is 2.33. The molecule has 21 heavy (non-hydrogen) atoms. The number of carbonyl (C=O) groups is 1. The number of hydrogen-bond donors (Lipinski definition) is 0. The van der Waals surface area contributed by atoms with Crippen molar-refractivity contribution in [1.82, 2.24) is 0 Å². The molecule has 0 bridgehead atoms. The van der Waals surface area contributed by atoms with Crippen LogP contribution < -0.4 is 0 Å². The minimum Gasteiger partial charge on any atom is -0.295 e. The van der Waals surface area contributed by atoms with Crippen LogP contribution in [0.25, 0.3) is 0 Å². The molecular weight excluding hydrogens is 276 g/mol. The van der Waals surface area contributed by atoms with E-state index in [1.165, 1.54) is 17.2 Å². The van der Waals surface area contributed by atoms with E-state index in [-0.39, 0.29) is 10.5 Å². The zero-order valence-electron chi connectivity index (χ0n) is 12.3.